The topological polar surface area (TPSA) is 347 Å². The lowest BCUT2D eigenvalue weighted by molar-refractivity contribution is -0.186. The standard InChI is InChI=1S/2C15H20O11.2C6H15N.C4H4O4.CH4/c1-6(16)23-11-10(21-3)12-14(13(15(11)26-12)24-7(2)17)25-9(20)5-22-4-8(18)19;1-6(16)23-11-10(21-3)12-13(24-7(2)17)14(15(11)26-12)25-9(20)5-22-4-8(18)19;2*1-4-7(5-2)6-3;5-3-1-7-2-4(6)8-3;/h2*10-15H,4-5H2,1-3H3,(H,18,19);2*4-6H2,1-3H3;1-2H2;1H4/t2*10-,11?,12+,13?,14?,15?;;;;/m00..../s1. The summed E-state index contributed by atoms with van der Waals surface area (Å²) in [5.74, 6) is -7.82. The number of carbonyl (C=O) groups is 10. The number of nitrogens with zero attached hydrogens (tertiary/aromatic N) is 2. The SMILES string of the molecule is C.CCN(CC)CC.CCN(CC)CC.CO[C@H]1C(OC(C)=O)C2O[C@H]1C(OC(=O)COCC(=O)O)C2OC(C)=O.CO[C@H]1C(OC(C)=O)C2O[C@H]1C(OC(C)=O)C2OC(=O)COCC(=O)O.O=C1COCC(=O)O1. The number of methoxy groups -OCH3 is 2. The molecule has 432 valence electrons. The van der Waals surface area contributed by atoms with Crippen LogP contribution < -0.4 is 0 Å². The largest absolute Gasteiger partial charge is 0.480 e. The summed E-state index contributed by atoms with van der Waals surface area (Å²) < 4.78 is 71.1. The van der Waals surface area contributed by atoms with E-state index < -0.39 is 159 Å². The molecule has 0 spiro atoms. The number of aliphatic carboxylic acids is 2. The predicted octanol–water partition coefficient (Wildman–Crippen LogP) is -0.264. The average Bonchev–Trinajstić information content (AvgIpc) is 4.05. The average molecular weight is 1090 g/mol. The van der Waals surface area contributed by atoms with Crippen molar-refractivity contribution in [1.29, 1.82) is 0 Å². The lowest BCUT2D eigenvalue weighted by Gasteiger charge is -2.35. The summed E-state index contributed by atoms with van der Waals surface area (Å²) in [5.41, 5.74) is 0. The van der Waals surface area contributed by atoms with Crippen molar-refractivity contribution in [3.05, 3.63) is 0 Å². The summed E-state index contributed by atoms with van der Waals surface area (Å²) in [4.78, 5) is 115. The van der Waals surface area contributed by atoms with Gasteiger partial charge in [0.2, 0.25) is 0 Å². The molecular formula is C47H78N2O26. The van der Waals surface area contributed by atoms with Crippen LogP contribution in [0.5, 0.6) is 0 Å². The van der Waals surface area contributed by atoms with Crippen LogP contribution in [0, 0.1) is 0 Å². The second-order valence-electron chi connectivity index (χ2n) is 16.1. The number of carboxylic acids is 2. The van der Waals surface area contributed by atoms with Gasteiger partial charge >= 0.3 is 59.7 Å². The molecule has 5 aliphatic rings. The molecule has 4 bridgehead atoms. The molecule has 28 nitrogen and oxygen atoms in total. The molecule has 0 aromatic rings. The van der Waals surface area contributed by atoms with Gasteiger partial charge in [-0.25, -0.2) is 28.8 Å². The highest BCUT2D eigenvalue weighted by Gasteiger charge is 2.66. The molecule has 5 aliphatic heterocycles. The molecule has 2 N–H and O–H groups in total. The van der Waals surface area contributed by atoms with Crippen molar-refractivity contribution in [2.24, 2.45) is 0 Å². The summed E-state index contributed by atoms with van der Waals surface area (Å²) in [5, 5.41) is 17.0. The third-order valence-corrected chi connectivity index (χ3v) is 11.0. The number of ether oxygens (including phenoxy) is 14. The highest BCUT2D eigenvalue weighted by Crippen LogP contribution is 2.43. The summed E-state index contributed by atoms with van der Waals surface area (Å²) in [6, 6.07) is 0. The van der Waals surface area contributed by atoms with E-state index in [4.69, 9.17) is 57.6 Å². The van der Waals surface area contributed by atoms with E-state index in [1.54, 1.807) is 0 Å². The van der Waals surface area contributed by atoms with Crippen molar-refractivity contribution in [3.8, 4) is 0 Å². The van der Waals surface area contributed by atoms with E-state index in [0.717, 1.165) is 0 Å². The van der Waals surface area contributed by atoms with Crippen LogP contribution in [0.3, 0.4) is 0 Å². The maximum absolute atomic E-state index is 11.9. The fraction of sp³-hybridized carbons (Fsp3) is 0.787. The number of esters is 8. The Labute approximate surface area is 436 Å². The van der Waals surface area contributed by atoms with Crippen molar-refractivity contribution in [2.45, 2.75) is 150 Å². The third kappa shape index (κ3) is 24.0. The van der Waals surface area contributed by atoms with Crippen LogP contribution >= 0.6 is 0 Å². The lowest BCUT2D eigenvalue weighted by atomic mass is 9.89. The van der Waals surface area contributed by atoms with Gasteiger partial charge in [0.15, 0.2) is 36.6 Å². The van der Waals surface area contributed by atoms with Crippen molar-refractivity contribution in [2.75, 3.05) is 93.1 Å². The smallest absolute Gasteiger partial charge is 0.339 e. The van der Waals surface area contributed by atoms with Gasteiger partial charge in [0.05, 0.1) is 0 Å². The predicted molar refractivity (Wildman–Crippen MR) is 253 cm³/mol. The Kier molecular flexibility index (Phi) is 33.9. The summed E-state index contributed by atoms with van der Waals surface area (Å²) in [6.45, 7) is 22.3. The molecule has 0 amide bonds. The van der Waals surface area contributed by atoms with E-state index >= 15 is 0 Å². The number of carbonyl (C=O) groups excluding carboxylic acids is 8. The van der Waals surface area contributed by atoms with E-state index in [1.165, 1.54) is 81.2 Å². The normalized spacial score (nSPS) is 26.4. The molecule has 5 fully saturated rings. The zero-order chi connectivity index (χ0) is 56.2. The summed E-state index contributed by atoms with van der Waals surface area (Å²) in [6.07, 6.45) is -10.5. The highest BCUT2D eigenvalue weighted by molar-refractivity contribution is 5.88. The molecule has 8 unspecified atom stereocenters. The van der Waals surface area contributed by atoms with Gasteiger partial charge in [-0.2, -0.15) is 0 Å². The number of hydrogen-bond acceptors (Lipinski definition) is 26. The number of hydrogen-bond donors (Lipinski definition) is 2. The first-order chi connectivity index (χ1) is 35.0. The van der Waals surface area contributed by atoms with Crippen LogP contribution in [0.4, 0.5) is 0 Å². The molecule has 28 heteroatoms. The monoisotopic (exact) mass is 1090 g/mol. The zero-order valence-corrected chi connectivity index (χ0v) is 44.0. The first-order valence-electron chi connectivity index (χ1n) is 23.8. The fourth-order valence-electron chi connectivity index (χ4n) is 7.89. The fourth-order valence-corrected chi connectivity index (χ4v) is 7.89. The first-order valence-corrected chi connectivity index (χ1v) is 23.8. The van der Waals surface area contributed by atoms with Crippen molar-refractivity contribution in [3.63, 3.8) is 0 Å². The molecule has 0 saturated carbocycles. The molecule has 0 aliphatic carbocycles. The van der Waals surface area contributed by atoms with Gasteiger partial charge < -0.3 is 86.3 Å². The van der Waals surface area contributed by atoms with Gasteiger partial charge in [-0.15, -0.1) is 0 Å². The number of rotatable bonds is 22. The Hall–Kier alpha value is -5.46. The molecule has 0 radical (unpaired) electrons. The number of fused-ring (bicyclic) bond motifs is 4. The van der Waals surface area contributed by atoms with Gasteiger partial charge in [0.1, 0.15) is 76.3 Å². The van der Waals surface area contributed by atoms with Crippen LogP contribution in [0.15, 0.2) is 0 Å². The summed E-state index contributed by atoms with van der Waals surface area (Å²) in [7, 11) is 2.76. The zero-order valence-electron chi connectivity index (χ0n) is 44.0. The van der Waals surface area contributed by atoms with E-state index in [9.17, 15) is 47.9 Å². The maximum Gasteiger partial charge on any atom is 0.339 e. The van der Waals surface area contributed by atoms with E-state index in [-0.39, 0.29) is 20.6 Å². The van der Waals surface area contributed by atoms with E-state index in [2.05, 4.69) is 70.3 Å². The van der Waals surface area contributed by atoms with Crippen LogP contribution in [0.25, 0.3) is 0 Å². The van der Waals surface area contributed by atoms with Gasteiger partial charge in [0, 0.05) is 41.9 Å². The maximum atomic E-state index is 11.9. The van der Waals surface area contributed by atoms with Crippen LogP contribution in [0.2, 0.25) is 0 Å². The van der Waals surface area contributed by atoms with Gasteiger partial charge in [-0.05, 0) is 39.3 Å². The van der Waals surface area contributed by atoms with Crippen molar-refractivity contribution < 1.29 is 124 Å². The van der Waals surface area contributed by atoms with Gasteiger partial charge in [-0.3, -0.25) is 19.2 Å². The molecule has 5 heterocycles. The molecule has 0 aromatic carbocycles. The summed E-state index contributed by atoms with van der Waals surface area (Å²) >= 11 is 0. The molecule has 12 atom stereocenters. The molecule has 75 heavy (non-hydrogen) atoms. The first kappa shape index (κ1) is 69.5. The van der Waals surface area contributed by atoms with Crippen molar-refractivity contribution >= 4 is 59.7 Å². The Bertz CT molecular complexity index is 1790. The molecule has 0 aromatic heterocycles. The van der Waals surface area contributed by atoms with Gasteiger partial charge in [0.25, 0.3) is 0 Å². The number of carboxylic acid groups (broad SMARTS) is 2. The molecular weight excluding hydrogens is 1010 g/mol. The Morgan fingerprint density at radius 2 is 0.707 bits per heavy atom. The number of cyclic esters (lactones) is 2. The van der Waals surface area contributed by atoms with Crippen LogP contribution in [-0.2, 0) is 114 Å². The lowest BCUT2D eigenvalue weighted by Crippen LogP contribution is -2.57. The second-order valence-corrected chi connectivity index (χ2v) is 16.1. The van der Waals surface area contributed by atoms with Crippen LogP contribution in [-0.4, -0.2) is 246 Å². The third-order valence-electron chi connectivity index (χ3n) is 11.0. The molecule has 5 rings (SSSR count). The van der Waals surface area contributed by atoms with E-state index in [1.807, 2.05) is 0 Å². The molecule has 5 saturated heterocycles. The quantitative estimate of drug-likeness (QED) is 0.0801. The minimum Gasteiger partial charge on any atom is -0.480 e. The second kappa shape index (κ2) is 36.5. The van der Waals surface area contributed by atoms with Gasteiger partial charge in [-0.1, -0.05) is 49.0 Å². The Morgan fingerprint density at radius 1 is 0.453 bits per heavy atom. The Morgan fingerprint density at radius 3 is 0.907 bits per heavy atom. The minimum absolute atomic E-state index is 0. The van der Waals surface area contributed by atoms with Crippen LogP contribution in [0.1, 0.15) is 76.7 Å². The Balaban J connectivity index is 0.00000103. The van der Waals surface area contributed by atoms with Crippen molar-refractivity contribution in [1.82, 2.24) is 9.80 Å². The highest BCUT2D eigenvalue weighted by atomic mass is 16.7. The minimum atomic E-state index is -1.24. The van der Waals surface area contributed by atoms with E-state index in [0.29, 0.717) is 0 Å².